The Labute approximate surface area is 188 Å². The summed E-state index contributed by atoms with van der Waals surface area (Å²) in [6.45, 7) is 2.13. The van der Waals surface area contributed by atoms with Gasteiger partial charge in [-0.3, -0.25) is 0 Å². The Kier molecular flexibility index (Phi) is 7.00. The normalized spacial score (nSPS) is 11.6. The highest BCUT2D eigenvalue weighted by Gasteiger charge is 2.37. The van der Waals surface area contributed by atoms with Gasteiger partial charge in [-0.1, -0.05) is 84.0 Å². The largest absolute Gasteiger partial charge is 0.494 e. The molecule has 4 aromatic rings. The van der Waals surface area contributed by atoms with E-state index in [1.807, 2.05) is 104 Å². The molecule has 32 heavy (non-hydrogen) atoms. The second kappa shape index (κ2) is 10.3. The summed E-state index contributed by atoms with van der Waals surface area (Å²) >= 11 is 0. The van der Waals surface area contributed by atoms with Crippen molar-refractivity contribution in [2.75, 3.05) is 20.2 Å². The van der Waals surface area contributed by atoms with Crippen molar-refractivity contribution in [3.05, 3.63) is 120 Å². The zero-order valence-corrected chi connectivity index (χ0v) is 18.2. The van der Waals surface area contributed by atoms with Gasteiger partial charge in [-0.05, 0) is 36.7 Å². The van der Waals surface area contributed by atoms with E-state index in [1.54, 1.807) is 0 Å². The molecule has 0 unspecified atom stereocenters. The van der Waals surface area contributed by atoms with Crippen molar-refractivity contribution in [1.82, 2.24) is 10.1 Å². The Hall–Kier alpha value is -3.41. The zero-order valence-electron chi connectivity index (χ0n) is 18.2. The Morgan fingerprint density at radius 1 is 0.875 bits per heavy atom. The quantitative estimate of drug-likeness (QED) is 0.366. The highest BCUT2D eigenvalue weighted by atomic mass is 16.5. The fraction of sp³-hybridized carbons (Fsp3) is 0.222. The molecule has 1 N–H and O–H groups in total. The summed E-state index contributed by atoms with van der Waals surface area (Å²) in [5.41, 5.74) is 0.841. The Bertz CT molecular complexity index is 1040. The predicted octanol–water partition coefficient (Wildman–Crippen LogP) is 4.86. The minimum atomic E-state index is -1.41. The Morgan fingerprint density at radius 2 is 1.44 bits per heavy atom. The van der Waals surface area contributed by atoms with Crippen molar-refractivity contribution < 1.29 is 14.4 Å². The first-order valence-electron chi connectivity index (χ1n) is 10.8. The van der Waals surface area contributed by atoms with Gasteiger partial charge in [-0.2, -0.15) is 0 Å². The summed E-state index contributed by atoms with van der Waals surface area (Å²) in [6.07, 6.45) is 0.897. The second-order valence-corrected chi connectivity index (χ2v) is 7.88. The molecule has 0 fully saturated rings. The lowest BCUT2D eigenvalue weighted by Crippen LogP contribution is -2.28. The molecule has 0 spiro atoms. The van der Waals surface area contributed by atoms with Crippen LogP contribution in [0.3, 0.4) is 0 Å². The van der Waals surface area contributed by atoms with Crippen LogP contribution < -0.4 is 4.74 Å². The molecule has 0 bridgehead atoms. The third-order valence-corrected chi connectivity index (χ3v) is 5.43. The van der Waals surface area contributed by atoms with Gasteiger partial charge in [0.15, 0.2) is 11.4 Å². The van der Waals surface area contributed by atoms with E-state index in [0.29, 0.717) is 18.9 Å². The van der Waals surface area contributed by atoms with Crippen LogP contribution in [0.1, 0.15) is 29.0 Å². The van der Waals surface area contributed by atoms with E-state index in [0.717, 1.165) is 35.5 Å². The molecular weight excluding hydrogens is 400 g/mol. The number of rotatable bonds is 10. The second-order valence-electron chi connectivity index (χ2n) is 7.88. The van der Waals surface area contributed by atoms with Crippen LogP contribution in [0.5, 0.6) is 5.75 Å². The third kappa shape index (κ3) is 5.07. The van der Waals surface area contributed by atoms with Crippen LogP contribution >= 0.6 is 0 Å². The summed E-state index contributed by atoms with van der Waals surface area (Å²) in [4.78, 5) is 2.17. The minimum absolute atomic E-state index is 0.408. The minimum Gasteiger partial charge on any atom is -0.494 e. The van der Waals surface area contributed by atoms with Crippen LogP contribution in [-0.4, -0.2) is 35.4 Å². The maximum Gasteiger partial charge on any atom is 0.177 e. The van der Waals surface area contributed by atoms with E-state index in [1.165, 1.54) is 0 Å². The topological polar surface area (TPSA) is 58.7 Å². The van der Waals surface area contributed by atoms with Gasteiger partial charge < -0.3 is 19.3 Å². The van der Waals surface area contributed by atoms with Gasteiger partial charge in [-0.25, -0.2) is 0 Å². The van der Waals surface area contributed by atoms with Crippen molar-refractivity contribution in [3.8, 4) is 5.75 Å². The average Bonchev–Trinajstić information content (AvgIpc) is 3.32. The van der Waals surface area contributed by atoms with Crippen molar-refractivity contribution in [2.24, 2.45) is 0 Å². The maximum atomic E-state index is 11.8. The van der Waals surface area contributed by atoms with E-state index in [4.69, 9.17) is 9.26 Å². The van der Waals surface area contributed by atoms with Crippen LogP contribution in [-0.2, 0) is 12.1 Å². The van der Waals surface area contributed by atoms with E-state index >= 15 is 0 Å². The molecule has 0 aliphatic heterocycles. The van der Waals surface area contributed by atoms with Crippen molar-refractivity contribution in [3.63, 3.8) is 0 Å². The summed E-state index contributed by atoms with van der Waals surface area (Å²) in [5.74, 6) is 1.29. The van der Waals surface area contributed by atoms with Crippen LogP contribution in [0.2, 0.25) is 0 Å². The number of para-hydroxylation sites is 1. The van der Waals surface area contributed by atoms with Crippen LogP contribution in [0.4, 0.5) is 0 Å². The van der Waals surface area contributed by atoms with Gasteiger partial charge in [0, 0.05) is 19.2 Å². The van der Waals surface area contributed by atoms with Gasteiger partial charge in [-0.15, -0.1) is 0 Å². The standard InChI is InChI=1S/C27H28N2O3/c1-29(18-11-19-31-25-16-9-4-10-17-25)21-24-20-26(32-28-24)27(30,22-12-5-2-6-13-22)23-14-7-3-8-15-23/h2-10,12-17,20,30H,11,18-19,21H2,1H3. The highest BCUT2D eigenvalue weighted by Crippen LogP contribution is 2.36. The molecular formula is C27H28N2O3. The number of aliphatic hydroxyl groups is 1. The monoisotopic (exact) mass is 428 g/mol. The molecule has 0 saturated heterocycles. The molecule has 1 aromatic heterocycles. The highest BCUT2D eigenvalue weighted by molar-refractivity contribution is 5.43. The average molecular weight is 429 g/mol. The zero-order chi connectivity index (χ0) is 22.2. The summed E-state index contributed by atoms with van der Waals surface area (Å²) in [6, 6.07) is 30.8. The van der Waals surface area contributed by atoms with Gasteiger partial charge in [0.1, 0.15) is 5.75 Å². The first-order valence-corrected chi connectivity index (χ1v) is 10.8. The van der Waals surface area contributed by atoms with Crippen LogP contribution in [0.15, 0.2) is 102 Å². The van der Waals surface area contributed by atoms with Gasteiger partial charge in [0.2, 0.25) is 0 Å². The van der Waals surface area contributed by atoms with E-state index in [-0.39, 0.29) is 0 Å². The molecule has 0 atom stereocenters. The summed E-state index contributed by atoms with van der Waals surface area (Å²) in [7, 11) is 2.04. The van der Waals surface area contributed by atoms with Crippen molar-refractivity contribution in [1.29, 1.82) is 0 Å². The number of ether oxygens (including phenoxy) is 1. The number of hydrogen-bond donors (Lipinski definition) is 1. The lowest BCUT2D eigenvalue weighted by molar-refractivity contribution is 0.0906. The van der Waals surface area contributed by atoms with Crippen molar-refractivity contribution in [2.45, 2.75) is 18.6 Å². The number of benzene rings is 3. The van der Waals surface area contributed by atoms with Crippen LogP contribution in [0, 0.1) is 0 Å². The third-order valence-electron chi connectivity index (χ3n) is 5.43. The van der Waals surface area contributed by atoms with Gasteiger partial charge >= 0.3 is 0 Å². The Morgan fingerprint density at radius 3 is 2.03 bits per heavy atom. The molecule has 0 aliphatic rings. The lowest BCUT2D eigenvalue weighted by Gasteiger charge is -2.26. The molecule has 4 rings (SSSR count). The van der Waals surface area contributed by atoms with E-state index < -0.39 is 5.60 Å². The molecule has 3 aromatic carbocycles. The lowest BCUT2D eigenvalue weighted by atomic mass is 9.84. The summed E-state index contributed by atoms with van der Waals surface area (Å²) < 4.78 is 11.4. The SMILES string of the molecule is CN(CCCOc1ccccc1)Cc1cc(C(O)(c2ccccc2)c2ccccc2)on1. The Balaban J connectivity index is 1.42. The maximum absolute atomic E-state index is 11.8. The predicted molar refractivity (Wildman–Crippen MR) is 124 cm³/mol. The number of aromatic nitrogens is 1. The fourth-order valence-corrected chi connectivity index (χ4v) is 3.76. The van der Waals surface area contributed by atoms with Gasteiger partial charge in [0.25, 0.3) is 0 Å². The molecule has 0 radical (unpaired) electrons. The smallest absolute Gasteiger partial charge is 0.177 e. The molecule has 0 saturated carbocycles. The molecule has 164 valence electrons. The van der Waals surface area contributed by atoms with Gasteiger partial charge in [0.05, 0.1) is 12.3 Å². The first-order chi connectivity index (χ1) is 15.7. The fourth-order valence-electron chi connectivity index (χ4n) is 3.76. The van der Waals surface area contributed by atoms with Crippen molar-refractivity contribution >= 4 is 0 Å². The van der Waals surface area contributed by atoms with E-state index in [2.05, 4.69) is 10.1 Å². The van der Waals surface area contributed by atoms with Crippen LogP contribution in [0.25, 0.3) is 0 Å². The summed E-state index contributed by atoms with van der Waals surface area (Å²) in [5, 5.41) is 16.0. The number of hydrogen-bond acceptors (Lipinski definition) is 5. The number of nitrogens with zero attached hydrogens (tertiary/aromatic N) is 2. The first kappa shape index (κ1) is 21.8. The molecule has 5 nitrogen and oxygen atoms in total. The molecule has 0 aliphatic carbocycles. The van der Waals surface area contributed by atoms with E-state index in [9.17, 15) is 5.11 Å². The molecule has 1 heterocycles. The molecule has 0 amide bonds. The molecule has 5 heteroatoms.